The molecule has 25 heavy (non-hydrogen) atoms. The number of carbonyl (C=O) groups is 1. The molecule has 0 aliphatic heterocycles. The summed E-state index contributed by atoms with van der Waals surface area (Å²) < 4.78 is 5.03. The summed E-state index contributed by atoms with van der Waals surface area (Å²) in [7, 11) is 1.41. The van der Waals surface area contributed by atoms with E-state index < -0.39 is 0 Å². The Bertz CT molecular complexity index is 765. The summed E-state index contributed by atoms with van der Waals surface area (Å²) in [5.41, 5.74) is 2.45. The van der Waals surface area contributed by atoms with Crippen molar-refractivity contribution in [2.75, 3.05) is 12.4 Å². The second-order valence-electron chi connectivity index (χ2n) is 6.17. The lowest BCUT2D eigenvalue weighted by Crippen LogP contribution is -2.36. The lowest BCUT2D eigenvalue weighted by atomic mass is 10.0. The zero-order chi connectivity index (χ0) is 17.8. The van der Waals surface area contributed by atoms with E-state index >= 15 is 0 Å². The number of hydrogen-bond acceptors (Lipinski definition) is 4. The van der Waals surface area contributed by atoms with Crippen LogP contribution in [0.25, 0.3) is 11.1 Å². The summed E-state index contributed by atoms with van der Waals surface area (Å²) in [6, 6.07) is 10.3. The molecule has 0 bridgehead atoms. The molecule has 132 valence electrons. The van der Waals surface area contributed by atoms with E-state index in [4.69, 9.17) is 17.0 Å². The van der Waals surface area contributed by atoms with Gasteiger partial charge in [0.2, 0.25) is 0 Å². The van der Waals surface area contributed by atoms with E-state index in [1.54, 1.807) is 0 Å². The van der Waals surface area contributed by atoms with Crippen LogP contribution < -0.4 is 10.6 Å². The average molecular weight is 375 g/mol. The topological polar surface area (TPSA) is 50.4 Å². The summed E-state index contributed by atoms with van der Waals surface area (Å²) in [6.45, 7) is 2.01. The second kappa shape index (κ2) is 7.97. The van der Waals surface area contributed by atoms with Crippen LogP contribution in [-0.4, -0.2) is 24.2 Å². The van der Waals surface area contributed by atoms with Crippen LogP contribution in [0.1, 0.15) is 40.9 Å². The molecule has 6 heteroatoms. The Kier molecular flexibility index (Phi) is 5.71. The zero-order valence-corrected chi connectivity index (χ0v) is 16.1. The summed E-state index contributed by atoms with van der Waals surface area (Å²) in [6.07, 6.45) is 4.77. The van der Waals surface area contributed by atoms with E-state index in [1.807, 2.05) is 37.3 Å². The van der Waals surface area contributed by atoms with Crippen LogP contribution in [0.2, 0.25) is 0 Å². The molecule has 1 aliphatic rings. The predicted molar refractivity (Wildman–Crippen MR) is 107 cm³/mol. The van der Waals surface area contributed by atoms with E-state index in [-0.39, 0.29) is 5.97 Å². The highest BCUT2D eigenvalue weighted by Crippen LogP contribution is 2.40. The third-order valence-corrected chi connectivity index (χ3v) is 5.69. The van der Waals surface area contributed by atoms with Crippen molar-refractivity contribution in [3.05, 3.63) is 40.8 Å². The Labute approximate surface area is 157 Å². The molecule has 3 rings (SSSR count). The summed E-state index contributed by atoms with van der Waals surface area (Å²) in [5.74, 6) is -0.352. The Morgan fingerprint density at radius 2 is 1.92 bits per heavy atom. The molecule has 1 fully saturated rings. The van der Waals surface area contributed by atoms with Gasteiger partial charge in [-0.15, -0.1) is 11.3 Å². The molecular formula is C19H22N2O2S2. The number of thiocarbonyl (C=S) groups is 1. The minimum Gasteiger partial charge on any atom is -0.465 e. The monoisotopic (exact) mass is 374 g/mol. The number of esters is 1. The highest BCUT2D eigenvalue weighted by atomic mass is 32.1. The second-order valence-corrected chi connectivity index (χ2v) is 7.81. The first-order valence-corrected chi connectivity index (χ1v) is 9.67. The Morgan fingerprint density at radius 3 is 2.56 bits per heavy atom. The highest BCUT2D eigenvalue weighted by Gasteiger charge is 2.25. The number of aryl methyl sites for hydroxylation is 1. The van der Waals surface area contributed by atoms with Crippen molar-refractivity contribution in [2.45, 2.75) is 38.6 Å². The molecule has 4 nitrogen and oxygen atoms in total. The molecule has 0 unspecified atom stereocenters. The molecule has 1 heterocycles. The first-order chi connectivity index (χ1) is 12.1. The lowest BCUT2D eigenvalue weighted by Gasteiger charge is -2.15. The van der Waals surface area contributed by atoms with Crippen LogP contribution in [0.3, 0.4) is 0 Å². The number of anilines is 1. The van der Waals surface area contributed by atoms with Crippen LogP contribution in [-0.2, 0) is 4.74 Å². The van der Waals surface area contributed by atoms with Gasteiger partial charge in [0, 0.05) is 16.5 Å². The molecule has 1 aliphatic carbocycles. The van der Waals surface area contributed by atoms with Crippen LogP contribution in [0.4, 0.5) is 5.00 Å². The zero-order valence-electron chi connectivity index (χ0n) is 14.4. The van der Waals surface area contributed by atoms with Gasteiger partial charge in [-0.2, -0.15) is 0 Å². The maximum atomic E-state index is 12.4. The van der Waals surface area contributed by atoms with E-state index in [0.29, 0.717) is 16.7 Å². The maximum Gasteiger partial charge on any atom is 0.341 e. The highest BCUT2D eigenvalue weighted by molar-refractivity contribution is 7.80. The van der Waals surface area contributed by atoms with Crippen molar-refractivity contribution >= 4 is 39.6 Å². The fraction of sp³-hybridized carbons (Fsp3) is 0.368. The van der Waals surface area contributed by atoms with Crippen molar-refractivity contribution in [1.82, 2.24) is 5.32 Å². The largest absolute Gasteiger partial charge is 0.465 e. The summed E-state index contributed by atoms with van der Waals surface area (Å²) >= 11 is 6.98. The van der Waals surface area contributed by atoms with Crippen LogP contribution in [0.5, 0.6) is 0 Å². The molecule has 0 radical (unpaired) electrons. The molecule has 0 saturated heterocycles. The van der Waals surface area contributed by atoms with Crippen molar-refractivity contribution in [2.24, 2.45) is 0 Å². The van der Waals surface area contributed by atoms with Gasteiger partial charge in [-0.3, -0.25) is 0 Å². The normalized spacial score (nSPS) is 14.3. The fourth-order valence-corrected chi connectivity index (χ4v) is 4.68. The molecular weight excluding hydrogens is 352 g/mol. The first kappa shape index (κ1) is 17.9. The summed E-state index contributed by atoms with van der Waals surface area (Å²) in [4.78, 5) is 13.5. The SMILES string of the molecule is COC(=O)c1c(NC(=S)NC2CCCC2)sc(C)c1-c1ccccc1. The van der Waals surface area contributed by atoms with Gasteiger partial charge in [0.25, 0.3) is 0 Å². The number of methoxy groups -OCH3 is 1. The van der Waals surface area contributed by atoms with Crippen LogP contribution in [0.15, 0.2) is 30.3 Å². The van der Waals surface area contributed by atoms with Gasteiger partial charge >= 0.3 is 5.97 Å². The molecule has 0 amide bonds. The standard InChI is InChI=1S/C19H22N2O2S2/c1-12-15(13-8-4-3-5-9-13)16(18(22)23-2)17(25-12)21-19(24)20-14-10-6-7-11-14/h3-5,8-9,14H,6-7,10-11H2,1-2H3,(H2,20,21,24). The number of benzene rings is 1. The van der Waals surface area contributed by atoms with Gasteiger partial charge in [0.05, 0.1) is 7.11 Å². The Hall–Kier alpha value is -1.92. The minimum absolute atomic E-state index is 0.352. The molecule has 0 spiro atoms. The van der Waals surface area contributed by atoms with E-state index in [0.717, 1.165) is 33.8 Å². The van der Waals surface area contributed by atoms with Crippen LogP contribution in [0, 0.1) is 6.92 Å². The van der Waals surface area contributed by atoms with Gasteiger partial charge in [-0.25, -0.2) is 4.79 Å². The summed E-state index contributed by atoms with van der Waals surface area (Å²) in [5, 5.41) is 7.88. The number of carbonyl (C=O) groups excluding carboxylic acids is 1. The molecule has 1 saturated carbocycles. The third kappa shape index (κ3) is 4.02. The number of rotatable bonds is 4. The van der Waals surface area contributed by atoms with Crippen molar-refractivity contribution < 1.29 is 9.53 Å². The van der Waals surface area contributed by atoms with E-state index in [1.165, 1.54) is 31.3 Å². The van der Waals surface area contributed by atoms with E-state index in [2.05, 4.69) is 10.6 Å². The lowest BCUT2D eigenvalue weighted by molar-refractivity contribution is 0.0603. The molecule has 0 atom stereocenters. The van der Waals surface area contributed by atoms with Crippen molar-refractivity contribution in [3.63, 3.8) is 0 Å². The van der Waals surface area contributed by atoms with Gasteiger partial charge in [0.1, 0.15) is 10.6 Å². The molecule has 2 N–H and O–H groups in total. The number of nitrogens with one attached hydrogen (secondary N) is 2. The Balaban J connectivity index is 1.91. The van der Waals surface area contributed by atoms with Gasteiger partial charge in [-0.05, 0) is 37.5 Å². The quantitative estimate of drug-likeness (QED) is 0.598. The molecule has 1 aromatic heterocycles. The molecule has 2 aromatic rings. The van der Waals surface area contributed by atoms with Gasteiger partial charge in [-0.1, -0.05) is 43.2 Å². The van der Waals surface area contributed by atoms with Crippen molar-refractivity contribution in [3.8, 4) is 11.1 Å². The van der Waals surface area contributed by atoms with Gasteiger partial charge < -0.3 is 15.4 Å². The Morgan fingerprint density at radius 1 is 1.24 bits per heavy atom. The average Bonchev–Trinajstić information content (AvgIpc) is 3.22. The smallest absolute Gasteiger partial charge is 0.341 e. The van der Waals surface area contributed by atoms with Crippen LogP contribution >= 0.6 is 23.6 Å². The predicted octanol–water partition coefficient (Wildman–Crippen LogP) is 4.74. The minimum atomic E-state index is -0.352. The van der Waals surface area contributed by atoms with Gasteiger partial charge in [0.15, 0.2) is 5.11 Å². The number of thiophene rings is 1. The van der Waals surface area contributed by atoms with E-state index in [9.17, 15) is 4.79 Å². The third-order valence-electron chi connectivity index (χ3n) is 4.45. The maximum absolute atomic E-state index is 12.4. The fourth-order valence-electron chi connectivity index (χ4n) is 3.28. The van der Waals surface area contributed by atoms with Crippen molar-refractivity contribution in [1.29, 1.82) is 0 Å². The first-order valence-electron chi connectivity index (χ1n) is 8.44. The number of ether oxygens (including phenoxy) is 1. The molecule has 1 aromatic carbocycles. The number of hydrogen-bond donors (Lipinski definition) is 2.